The third-order valence-corrected chi connectivity index (χ3v) is 4.79. The summed E-state index contributed by atoms with van der Waals surface area (Å²) in [5.41, 5.74) is 2.88. The van der Waals surface area contributed by atoms with Gasteiger partial charge in [-0.25, -0.2) is 14.6 Å². The van der Waals surface area contributed by atoms with E-state index in [1.165, 1.54) is 0 Å². The van der Waals surface area contributed by atoms with E-state index in [4.69, 9.17) is 9.47 Å². The van der Waals surface area contributed by atoms with Crippen LogP contribution in [0.2, 0.25) is 0 Å². The zero-order valence-electron chi connectivity index (χ0n) is 16.0. The van der Waals surface area contributed by atoms with Crippen LogP contribution in [-0.4, -0.2) is 50.4 Å². The van der Waals surface area contributed by atoms with Gasteiger partial charge in [0.05, 0.1) is 23.1 Å². The molecule has 3 heterocycles. The van der Waals surface area contributed by atoms with Crippen molar-refractivity contribution in [1.29, 1.82) is 0 Å². The van der Waals surface area contributed by atoms with Crippen LogP contribution in [-0.2, 0) is 0 Å². The molecule has 0 atom stereocenters. The normalized spacial score (nSPS) is 12.2. The van der Waals surface area contributed by atoms with Crippen LogP contribution >= 0.6 is 0 Å². The first-order valence-electron chi connectivity index (χ1n) is 9.19. The quantitative estimate of drug-likeness (QED) is 0.678. The smallest absolute Gasteiger partial charge is 0.257 e. The average Bonchev–Trinajstić information content (AvgIpc) is 3.34. The largest absolute Gasteiger partial charge is 0.454 e. The van der Waals surface area contributed by atoms with E-state index in [0.717, 1.165) is 17.0 Å². The fourth-order valence-electron chi connectivity index (χ4n) is 3.17. The Labute approximate surface area is 162 Å². The molecule has 0 unspecified atom stereocenters. The average molecular weight is 379 g/mol. The summed E-state index contributed by atoms with van der Waals surface area (Å²) in [5.74, 6) is 1.78. The Kier molecular flexibility index (Phi) is 4.68. The topological polar surface area (TPSA) is 82.4 Å². The third kappa shape index (κ3) is 3.06. The molecule has 8 heteroatoms. The Morgan fingerprint density at radius 3 is 2.75 bits per heavy atom. The van der Waals surface area contributed by atoms with Gasteiger partial charge in [0, 0.05) is 24.8 Å². The molecule has 0 saturated carbocycles. The van der Waals surface area contributed by atoms with E-state index in [-0.39, 0.29) is 12.7 Å². The molecule has 1 aliphatic heterocycles. The second-order valence-electron chi connectivity index (χ2n) is 6.34. The molecule has 0 saturated heterocycles. The van der Waals surface area contributed by atoms with Gasteiger partial charge in [0.25, 0.3) is 11.9 Å². The van der Waals surface area contributed by atoms with E-state index >= 15 is 0 Å². The Balaban J connectivity index is 1.68. The molecule has 1 amide bonds. The van der Waals surface area contributed by atoms with E-state index < -0.39 is 0 Å². The van der Waals surface area contributed by atoms with Crippen LogP contribution in [0, 0.1) is 6.92 Å². The highest BCUT2D eigenvalue weighted by molar-refractivity contribution is 5.95. The molecule has 0 spiro atoms. The maximum absolute atomic E-state index is 12.7. The van der Waals surface area contributed by atoms with Gasteiger partial charge in [-0.2, -0.15) is 5.10 Å². The summed E-state index contributed by atoms with van der Waals surface area (Å²) in [5, 5.41) is 4.35. The summed E-state index contributed by atoms with van der Waals surface area (Å²) in [7, 11) is 0. The van der Waals surface area contributed by atoms with E-state index in [2.05, 4.69) is 15.1 Å². The number of carbonyl (C=O) groups is 1. The maximum Gasteiger partial charge on any atom is 0.257 e. The minimum Gasteiger partial charge on any atom is -0.454 e. The predicted octanol–water partition coefficient (Wildman–Crippen LogP) is 2.85. The Morgan fingerprint density at radius 1 is 1.18 bits per heavy atom. The van der Waals surface area contributed by atoms with Gasteiger partial charge in [0.1, 0.15) is 0 Å². The van der Waals surface area contributed by atoms with E-state index in [9.17, 15) is 4.79 Å². The summed E-state index contributed by atoms with van der Waals surface area (Å²) in [6, 6.07) is 7.49. The zero-order chi connectivity index (χ0) is 19.7. The first kappa shape index (κ1) is 18.0. The first-order valence-corrected chi connectivity index (χ1v) is 9.19. The van der Waals surface area contributed by atoms with Crippen molar-refractivity contribution in [1.82, 2.24) is 24.6 Å². The number of hydrogen-bond donors (Lipinski definition) is 0. The number of ether oxygens (including phenoxy) is 2. The lowest BCUT2D eigenvalue weighted by molar-refractivity contribution is 0.0772. The van der Waals surface area contributed by atoms with Crippen LogP contribution in [0.5, 0.6) is 11.5 Å². The molecule has 0 bridgehead atoms. The fraction of sp³-hybridized carbons (Fsp3) is 0.300. The standard InChI is InChI=1S/C20H21N5O3/c1-4-24(5-2)19(26)15-11-22-25(13(15)3)20-21-9-8-16(23-20)14-6-7-17-18(10-14)28-12-27-17/h6-11H,4-5,12H2,1-3H3. The number of fused-ring (bicyclic) bond motifs is 1. The number of carbonyl (C=O) groups excluding carboxylic acids is 1. The van der Waals surface area contributed by atoms with Crippen LogP contribution in [0.1, 0.15) is 29.9 Å². The molecule has 3 aromatic rings. The van der Waals surface area contributed by atoms with Crippen LogP contribution in [0.15, 0.2) is 36.7 Å². The minimum atomic E-state index is -0.0410. The number of aromatic nitrogens is 4. The van der Waals surface area contributed by atoms with Crippen molar-refractivity contribution >= 4 is 5.91 Å². The SMILES string of the molecule is CCN(CC)C(=O)c1cnn(-c2nccc(-c3ccc4c(c3)OCO4)n2)c1C. The molecule has 28 heavy (non-hydrogen) atoms. The molecule has 144 valence electrons. The molecule has 2 aromatic heterocycles. The molecular formula is C20H21N5O3. The molecule has 0 aliphatic carbocycles. The number of benzene rings is 1. The van der Waals surface area contributed by atoms with Crippen LogP contribution in [0.3, 0.4) is 0 Å². The highest BCUT2D eigenvalue weighted by Gasteiger charge is 2.20. The molecule has 0 fully saturated rings. The van der Waals surface area contributed by atoms with E-state index in [1.54, 1.807) is 22.0 Å². The summed E-state index contributed by atoms with van der Waals surface area (Å²) in [4.78, 5) is 23.4. The Morgan fingerprint density at radius 2 is 1.96 bits per heavy atom. The second kappa shape index (κ2) is 7.30. The fourth-order valence-corrected chi connectivity index (χ4v) is 3.17. The van der Waals surface area contributed by atoms with Gasteiger partial charge in [-0.3, -0.25) is 4.79 Å². The molecule has 1 aromatic carbocycles. The minimum absolute atomic E-state index is 0.0410. The summed E-state index contributed by atoms with van der Waals surface area (Å²) in [6.07, 6.45) is 3.25. The van der Waals surface area contributed by atoms with Crippen molar-refractivity contribution in [2.45, 2.75) is 20.8 Å². The van der Waals surface area contributed by atoms with Gasteiger partial charge in [0.15, 0.2) is 11.5 Å². The number of nitrogens with zero attached hydrogens (tertiary/aromatic N) is 5. The third-order valence-electron chi connectivity index (χ3n) is 4.79. The predicted molar refractivity (Wildman–Crippen MR) is 103 cm³/mol. The lowest BCUT2D eigenvalue weighted by atomic mass is 10.1. The highest BCUT2D eigenvalue weighted by Crippen LogP contribution is 2.35. The molecule has 0 radical (unpaired) electrons. The number of rotatable bonds is 5. The number of hydrogen-bond acceptors (Lipinski definition) is 6. The molecule has 4 rings (SSSR count). The van der Waals surface area contributed by atoms with E-state index in [1.807, 2.05) is 45.0 Å². The first-order chi connectivity index (χ1) is 13.6. The summed E-state index contributed by atoms with van der Waals surface area (Å²) >= 11 is 0. The van der Waals surface area contributed by atoms with Gasteiger partial charge in [-0.1, -0.05) is 0 Å². The van der Waals surface area contributed by atoms with Crippen LogP contribution in [0.25, 0.3) is 17.2 Å². The lowest BCUT2D eigenvalue weighted by Gasteiger charge is -2.18. The van der Waals surface area contributed by atoms with Crippen molar-refractivity contribution in [2.75, 3.05) is 19.9 Å². The number of amides is 1. The summed E-state index contributed by atoms with van der Waals surface area (Å²) < 4.78 is 12.4. The Hall–Kier alpha value is -3.42. The van der Waals surface area contributed by atoms with Crippen LogP contribution < -0.4 is 9.47 Å². The molecule has 1 aliphatic rings. The zero-order valence-corrected chi connectivity index (χ0v) is 16.0. The summed E-state index contributed by atoms with van der Waals surface area (Å²) in [6.45, 7) is 7.29. The van der Waals surface area contributed by atoms with E-state index in [0.29, 0.717) is 36.0 Å². The van der Waals surface area contributed by atoms with Gasteiger partial charge < -0.3 is 14.4 Å². The second-order valence-corrected chi connectivity index (χ2v) is 6.34. The van der Waals surface area contributed by atoms with Crippen molar-refractivity contribution in [3.63, 3.8) is 0 Å². The van der Waals surface area contributed by atoms with Crippen molar-refractivity contribution < 1.29 is 14.3 Å². The molecule has 8 nitrogen and oxygen atoms in total. The maximum atomic E-state index is 12.7. The lowest BCUT2D eigenvalue weighted by Crippen LogP contribution is -2.30. The van der Waals surface area contributed by atoms with Crippen molar-refractivity contribution in [3.8, 4) is 28.7 Å². The van der Waals surface area contributed by atoms with Crippen molar-refractivity contribution in [2.24, 2.45) is 0 Å². The van der Waals surface area contributed by atoms with Gasteiger partial charge >= 0.3 is 0 Å². The van der Waals surface area contributed by atoms with Gasteiger partial charge in [-0.05, 0) is 45.0 Å². The van der Waals surface area contributed by atoms with Crippen molar-refractivity contribution in [3.05, 3.63) is 47.9 Å². The van der Waals surface area contributed by atoms with Gasteiger partial charge in [0.2, 0.25) is 6.79 Å². The monoisotopic (exact) mass is 379 g/mol. The highest BCUT2D eigenvalue weighted by atomic mass is 16.7. The Bertz CT molecular complexity index is 1030. The molecular weight excluding hydrogens is 358 g/mol. The van der Waals surface area contributed by atoms with Gasteiger partial charge in [-0.15, -0.1) is 0 Å². The van der Waals surface area contributed by atoms with Crippen LogP contribution in [0.4, 0.5) is 0 Å². The molecule has 0 N–H and O–H groups in total.